The molecular weight excluding hydrogens is 652 g/mol. The first kappa shape index (κ1) is 31.2. The number of hydrogen-bond donors (Lipinski definition) is 1. The molecule has 3 aromatic carbocycles. The van der Waals surface area contributed by atoms with Crippen molar-refractivity contribution in [1.82, 2.24) is 14.8 Å². The molecule has 1 aliphatic heterocycles. The molecule has 1 atom stereocenters. The number of halogens is 1. The van der Waals surface area contributed by atoms with E-state index < -0.39 is 6.04 Å². The summed E-state index contributed by atoms with van der Waals surface area (Å²) >= 11 is 5.29. The Bertz CT molecular complexity index is 1700. The van der Waals surface area contributed by atoms with Gasteiger partial charge in [-0.25, -0.2) is 9.48 Å². The highest BCUT2D eigenvalue weighted by Crippen LogP contribution is 2.44. The fraction of sp³-hybridized carbons (Fsp3) is 0.343. The highest BCUT2D eigenvalue weighted by molar-refractivity contribution is 9.10. The van der Waals surface area contributed by atoms with Crippen LogP contribution in [0.15, 0.2) is 87.6 Å². The first-order valence-electron chi connectivity index (χ1n) is 15.3. The van der Waals surface area contributed by atoms with E-state index in [0.717, 1.165) is 48.1 Å². The lowest BCUT2D eigenvalue weighted by Crippen LogP contribution is -2.32. The number of benzene rings is 3. The Morgan fingerprint density at radius 1 is 1.04 bits per heavy atom. The third-order valence-electron chi connectivity index (χ3n) is 8.29. The number of esters is 1. The van der Waals surface area contributed by atoms with Gasteiger partial charge >= 0.3 is 5.97 Å². The summed E-state index contributed by atoms with van der Waals surface area (Å²) in [6, 6.07) is 21.6. The fourth-order valence-electron chi connectivity index (χ4n) is 5.84. The molecule has 2 aliphatic rings. The average Bonchev–Trinajstić information content (AvgIpc) is 3.46. The number of rotatable bonds is 10. The molecule has 8 nitrogen and oxygen atoms in total. The van der Waals surface area contributed by atoms with Gasteiger partial charge in [-0.2, -0.15) is 4.98 Å². The summed E-state index contributed by atoms with van der Waals surface area (Å²) in [7, 11) is 1.62. The van der Waals surface area contributed by atoms with Crippen molar-refractivity contribution < 1.29 is 19.0 Å². The average molecular weight is 690 g/mol. The quantitative estimate of drug-likeness (QED) is 0.131. The minimum absolute atomic E-state index is 0.0835. The molecule has 1 fully saturated rings. The number of thioether (sulfide) groups is 1. The Labute approximate surface area is 276 Å². The van der Waals surface area contributed by atoms with Crippen LogP contribution in [-0.4, -0.2) is 33.9 Å². The lowest BCUT2D eigenvalue weighted by Gasteiger charge is -2.30. The zero-order chi connectivity index (χ0) is 31.3. The number of aromatic nitrogens is 3. The van der Waals surface area contributed by atoms with Gasteiger partial charge in [0, 0.05) is 11.4 Å². The molecule has 0 saturated heterocycles. The van der Waals surface area contributed by atoms with Gasteiger partial charge in [0.25, 0.3) is 0 Å². The molecule has 1 unspecified atom stereocenters. The first-order valence-corrected chi connectivity index (χ1v) is 17.1. The summed E-state index contributed by atoms with van der Waals surface area (Å²) < 4.78 is 20.7. The highest BCUT2D eigenvalue weighted by atomic mass is 79.9. The van der Waals surface area contributed by atoms with Crippen LogP contribution in [0.3, 0.4) is 0 Å². The molecular formula is C35H37BrN4O4S. The number of nitrogens with one attached hydrogen (secondary N) is 1. The predicted molar refractivity (Wildman–Crippen MR) is 180 cm³/mol. The number of carbonyl (C=O) groups excluding carboxylic acids is 1. The molecule has 6 rings (SSSR count). The summed E-state index contributed by atoms with van der Waals surface area (Å²) in [4.78, 5) is 18.7. The molecule has 0 bridgehead atoms. The van der Waals surface area contributed by atoms with Gasteiger partial charge in [0.1, 0.15) is 18.8 Å². The molecule has 1 saturated carbocycles. The summed E-state index contributed by atoms with van der Waals surface area (Å²) in [5.74, 6) is 2.08. The van der Waals surface area contributed by atoms with Crippen LogP contribution in [0.1, 0.15) is 67.3 Å². The number of carbonyl (C=O) groups is 1. The van der Waals surface area contributed by atoms with Crippen molar-refractivity contribution in [2.75, 3.05) is 12.4 Å². The Balaban J connectivity index is 1.35. The zero-order valence-electron chi connectivity index (χ0n) is 25.7. The van der Waals surface area contributed by atoms with Gasteiger partial charge in [-0.1, -0.05) is 72.8 Å². The second-order valence-electron chi connectivity index (χ2n) is 11.4. The number of anilines is 1. The van der Waals surface area contributed by atoms with Crippen LogP contribution in [0.2, 0.25) is 0 Å². The molecule has 0 amide bonds. The summed E-state index contributed by atoms with van der Waals surface area (Å²) in [6.07, 6.45) is 5.01. The van der Waals surface area contributed by atoms with Crippen LogP contribution < -0.4 is 14.8 Å². The van der Waals surface area contributed by atoms with Crippen LogP contribution >= 0.6 is 27.7 Å². The van der Waals surface area contributed by atoms with Gasteiger partial charge in [-0.15, -0.1) is 5.10 Å². The van der Waals surface area contributed by atoms with E-state index in [-0.39, 0.29) is 12.1 Å². The van der Waals surface area contributed by atoms with Crippen molar-refractivity contribution in [1.29, 1.82) is 0 Å². The van der Waals surface area contributed by atoms with E-state index in [4.69, 9.17) is 24.3 Å². The van der Waals surface area contributed by atoms with Crippen molar-refractivity contribution in [2.45, 2.75) is 75.6 Å². The van der Waals surface area contributed by atoms with Crippen molar-refractivity contribution >= 4 is 39.6 Å². The molecule has 2 heterocycles. The second-order valence-corrected chi connectivity index (χ2v) is 13.2. The number of ether oxygens (including phenoxy) is 3. The van der Waals surface area contributed by atoms with E-state index in [1.54, 1.807) is 23.6 Å². The van der Waals surface area contributed by atoms with Crippen LogP contribution in [0.5, 0.6) is 11.5 Å². The number of nitrogens with zero attached hydrogens (tertiary/aromatic N) is 3. The Hall–Kier alpha value is -3.76. The van der Waals surface area contributed by atoms with Crippen molar-refractivity contribution in [3.05, 3.63) is 105 Å². The monoisotopic (exact) mass is 688 g/mol. The predicted octanol–water partition coefficient (Wildman–Crippen LogP) is 8.39. The third-order valence-corrected chi connectivity index (χ3v) is 9.79. The lowest BCUT2D eigenvalue weighted by atomic mass is 9.94. The van der Waals surface area contributed by atoms with Crippen molar-refractivity contribution in [3.8, 4) is 11.5 Å². The number of allylic oxidation sites excluding steroid dienone is 1. The summed E-state index contributed by atoms with van der Waals surface area (Å²) in [5.41, 5.74) is 5.41. The maximum atomic E-state index is 13.9. The van der Waals surface area contributed by atoms with Gasteiger partial charge in [0.05, 0.1) is 17.2 Å². The number of aryl methyl sites for hydroxylation is 1. The Morgan fingerprint density at radius 2 is 1.80 bits per heavy atom. The van der Waals surface area contributed by atoms with Crippen LogP contribution in [0.4, 0.5) is 5.95 Å². The number of fused-ring (bicyclic) bond motifs is 1. The minimum atomic E-state index is -0.591. The topological polar surface area (TPSA) is 87.5 Å². The molecule has 10 heteroatoms. The van der Waals surface area contributed by atoms with E-state index >= 15 is 0 Å². The smallest absolute Gasteiger partial charge is 0.338 e. The molecule has 45 heavy (non-hydrogen) atoms. The van der Waals surface area contributed by atoms with Gasteiger partial charge in [-0.3, -0.25) is 0 Å². The minimum Gasteiger partial charge on any atom is -0.493 e. The van der Waals surface area contributed by atoms with E-state index in [9.17, 15) is 4.79 Å². The van der Waals surface area contributed by atoms with E-state index in [1.165, 1.54) is 12.0 Å². The highest BCUT2D eigenvalue weighted by Gasteiger charge is 2.37. The van der Waals surface area contributed by atoms with Crippen LogP contribution in [0.25, 0.3) is 0 Å². The molecule has 234 valence electrons. The normalized spacial score (nSPS) is 16.6. The maximum Gasteiger partial charge on any atom is 0.338 e. The molecule has 0 radical (unpaired) electrons. The fourth-order valence-corrected chi connectivity index (χ4v) is 7.20. The molecule has 1 N–H and O–H groups in total. The van der Waals surface area contributed by atoms with Gasteiger partial charge in [0.15, 0.2) is 11.5 Å². The van der Waals surface area contributed by atoms with Crippen molar-refractivity contribution in [2.24, 2.45) is 0 Å². The van der Waals surface area contributed by atoms with Gasteiger partial charge < -0.3 is 19.5 Å². The second kappa shape index (κ2) is 14.1. The molecule has 1 aliphatic carbocycles. The largest absolute Gasteiger partial charge is 0.493 e. The Morgan fingerprint density at radius 3 is 2.56 bits per heavy atom. The van der Waals surface area contributed by atoms with Gasteiger partial charge in [0.2, 0.25) is 11.1 Å². The van der Waals surface area contributed by atoms with Gasteiger partial charge in [-0.05, 0) is 89.8 Å². The number of methoxy groups -OCH3 is 1. The number of hydrogen-bond acceptors (Lipinski definition) is 8. The zero-order valence-corrected chi connectivity index (χ0v) is 28.1. The molecule has 4 aromatic rings. The van der Waals surface area contributed by atoms with Crippen LogP contribution in [0, 0.1) is 6.92 Å². The SMILES string of the molecule is COc1cc(C2C(C(=O)OC3CCCCC3)=C(C)Nc3nc(SCc4ccccc4)nn32)cc(Br)c1OCc1ccccc1C. The van der Waals surface area contributed by atoms with E-state index in [2.05, 4.69) is 52.4 Å². The van der Waals surface area contributed by atoms with E-state index in [0.29, 0.717) is 45.0 Å². The first-order chi connectivity index (χ1) is 21.9. The summed E-state index contributed by atoms with van der Waals surface area (Å²) in [5, 5.41) is 8.86. The van der Waals surface area contributed by atoms with Crippen LogP contribution in [-0.2, 0) is 21.9 Å². The third kappa shape index (κ3) is 7.07. The molecule has 0 spiro atoms. The standard InChI is InChI=1S/C35H37BrN4O4S/c1-22-12-10-11-15-25(22)20-43-32-28(36)18-26(19-29(32)42-3)31-30(33(41)44-27-16-8-5-9-17-27)23(2)37-34-38-35(39-40(31)34)45-21-24-13-6-4-7-14-24/h4,6-7,10-15,18-19,27,31H,5,8-9,16-17,20-21H2,1-3H3,(H,37,38,39). The van der Waals surface area contributed by atoms with E-state index in [1.807, 2.05) is 49.4 Å². The maximum absolute atomic E-state index is 13.9. The molecule has 1 aromatic heterocycles. The lowest BCUT2D eigenvalue weighted by molar-refractivity contribution is -0.146. The summed E-state index contributed by atoms with van der Waals surface area (Å²) in [6.45, 7) is 4.35. The Kier molecular flexibility index (Phi) is 9.80. The van der Waals surface area contributed by atoms with Crippen molar-refractivity contribution in [3.63, 3.8) is 0 Å².